The molecule has 3 N–H and O–H groups in total. The zero-order valence-electron chi connectivity index (χ0n) is 14.8. The molecule has 0 atom stereocenters. The van der Waals surface area contributed by atoms with Gasteiger partial charge in [-0.1, -0.05) is 19.9 Å². The van der Waals surface area contributed by atoms with E-state index in [4.69, 9.17) is 0 Å². The fourth-order valence-corrected chi connectivity index (χ4v) is 2.54. The number of rotatable bonds is 8. The average Bonchev–Trinajstić information content (AvgIpc) is 2.96. The monoisotopic (exact) mass is 332 g/mol. The van der Waals surface area contributed by atoms with Crippen LogP contribution in [-0.2, 0) is 6.42 Å². The smallest absolute Gasteiger partial charge is 0.314 e. The van der Waals surface area contributed by atoms with Gasteiger partial charge in [-0.25, -0.2) is 9.78 Å². The number of imidazole rings is 1. The zero-order chi connectivity index (χ0) is 17.6. The van der Waals surface area contributed by atoms with Crippen LogP contribution in [-0.4, -0.2) is 40.2 Å². The summed E-state index contributed by atoms with van der Waals surface area (Å²) >= 11 is 0. The Balaban J connectivity index is 1.68. The van der Waals surface area contributed by atoms with Crippen LogP contribution >= 0.6 is 0 Å². The molecule has 2 aromatic heterocycles. The van der Waals surface area contributed by atoms with Crippen molar-refractivity contribution in [2.24, 2.45) is 5.41 Å². The van der Waals surface area contributed by atoms with E-state index < -0.39 is 0 Å². The van der Waals surface area contributed by atoms with Crippen molar-refractivity contribution in [1.29, 1.82) is 0 Å². The number of aryl methyl sites for hydroxylation is 1. The minimum absolute atomic E-state index is 0.0839. The number of amides is 2. The minimum atomic E-state index is -0.156. The number of aliphatic hydroxyl groups excluding tert-OH is 1. The van der Waals surface area contributed by atoms with Crippen molar-refractivity contribution in [2.75, 3.05) is 19.7 Å². The normalized spacial score (nSPS) is 11.7. The molecular formula is C18H28N4O2. The molecule has 0 fully saturated rings. The van der Waals surface area contributed by atoms with Crippen molar-refractivity contribution in [3.8, 4) is 0 Å². The largest absolute Gasteiger partial charge is 0.396 e. The van der Waals surface area contributed by atoms with Gasteiger partial charge in [-0.05, 0) is 36.8 Å². The molecule has 2 aromatic rings. The molecule has 0 aliphatic rings. The third-order valence-electron chi connectivity index (χ3n) is 4.14. The van der Waals surface area contributed by atoms with Crippen LogP contribution in [0.15, 0.2) is 24.5 Å². The van der Waals surface area contributed by atoms with Gasteiger partial charge < -0.3 is 20.1 Å². The van der Waals surface area contributed by atoms with Gasteiger partial charge in [0.05, 0.1) is 5.69 Å². The average molecular weight is 332 g/mol. The van der Waals surface area contributed by atoms with Gasteiger partial charge in [0.2, 0.25) is 0 Å². The highest BCUT2D eigenvalue weighted by Gasteiger charge is 2.15. The number of carbonyl (C=O) groups is 1. The van der Waals surface area contributed by atoms with Crippen molar-refractivity contribution < 1.29 is 9.90 Å². The lowest BCUT2D eigenvalue weighted by molar-refractivity contribution is 0.148. The molecule has 0 aliphatic heterocycles. The zero-order valence-corrected chi connectivity index (χ0v) is 14.8. The number of carbonyl (C=O) groups excluding carboxylic acids is 1. The Morgan fingerprint density at radius 1 is 1.33 bits per heavy atom. The van der Waals surface area contributed by atoms with Crippen LogP contribution in [0.5, 0.6) is 0 Å². The Morgan fingerprint density at radius 3 is 2.79 bits per heavy atom. The summed E-state index contributed by atoms with van der Waals surface area (Å²) in [6.07, 6.45) is 6.41. The first-order valence-electron chi connectivity index (χ1n) is 8.47. The molecule has 2 amide bonds. The molecular weight excluding hydrogens is 304 g/mol. The maximum Gasteiger partial charge on any atom is 0.314 e. The van der Waals surface area contributed by atoms with E-state index in [1.165, 1.54) is 0 Å². The van der Waals surface area contributed by atoms with E-state index in [-0.39, 0.29) is 18.1 Å². The predicted octanol–water partition coefficient (Wildman–Crippen LogP) is 2.28. The minimum Gasteiger partial charge on any atom is -0.396 e. The molecule has 2 heterocycles. The molecule has 132 valence electrons. The number of nitrogens with one attached hydrogen (secondary N) is 2. The van der Waals surface area contributed by atoms with Crippen molar-refractivity contribution in [3.05, 3.63) is 35.8 Å². The standard InChI is InChI=1S/C18H28N4O2/c1-14-6-4-11-22-12-15(21-16(14)22)7-10-20-17(24)19-9-5-8-18(2,3)13-23/h4,6,11-12,23H,5,7-10,13H2,1-3H3,(H2,19,20,24). The van der Waals surface area contributed by atoms with E-state index in [2.05, 4.69) is 15.6 Å². The van der Waals surface area contributed by atoms with Crippen molar-refractivity contribution in [3.63, 3.8) is 0 Å². The second kappa shape index (κ2) is 8.15. The molecule has 0 bridgehead atoms. The number of nitrogens with zero attached hydrogens (tertiary/aromatic N) is 2. The quantitative estimate of drug-likeness (QED) is 0.649. The van der Waals surface area contributed by atoms with Crippen LogP contribution in [0.2, 0.25) is 0 Å². The van der Waals surface area contributed by atoms with Gasteiger partial charge in [-0.3, -0.25) is 0 Å². The fourth-order valence-electron chi connectivity index (χ4n) is 2.54. The summed E-state index contributed by atoms with van der Waals surface area (Å²) in [6, 6.07) is 3.88. The van der Waals surface area contributed by atoms with Gasteiger partial charge in [-0.15, -0.1) is 0 Å². The van der Waals surface area contributed by atoms with E-state index in [1.807, 2.05) is 49.7 Å². The van der Waals surface area contributed by atoms with Gasteiger partial charge in [-0.2, -0.15) is 0 Å². The van der Waals surface area contributed by atoms with E-state index >= 15 is 0 Å². The summed E-state index contributed by atoms with van der Waals surface area (Å²) in [5, 5.41) is 14.9. The first kappa shape index (κ1) is 18.3. The third-order valence-corrected chi connectivity index (χ3v) is 4.14. The third kappa shape index (κ3) is 5.23. The lowest BCUT2D eigenvalue weighted by Gasteiger charge is -2.21. The van der Waals surface area contributed by atoms with Gasteiger partial charge in [0, 0.05) is 38.5 Å². The lowest BCUT2D eigenvalue weighted by Crippen LogP contribution is -2.37. The number of hydrogen-bond acceptors (Lipinski definition) is 3. The SMILES string of the molecule is Cc1cccn2cc(CCNC(=O)NCCCC(C)(C)CO)nc12. The summed E-state index contributed by atoms with van der Waals surface area (Å²) in [5.74, 6) is 0. The first-order valence-corrected chi connectivity index (χ1v) is 8.47. The molecule has 6 nitrogen and oxygen atoms in total. The summed E-state index contributed by atoms with van der Waals surface area (Å²) in [6.45, 7) is 7.40. The molecule has 0 unspecified atom stereocenters. The molecule has 0 saturated carbocycles. The molecule has 24 heavy (non-hydrogen) atoms. The summed E-state index contributed by atoms with van der Waals surface area (Å²) in [5.41, 5.74) is 2.98. The van der Waals surface area contributed by atoms with Crippen molar-refractivity contribution in [1.82, 2.24) is 20.0 Å². The number of aliphatic hydroxyl groups is 1. The van der Waals surface area contributed by atoms with Crippen LogP contribution < -0.4 is 10.6 Å². The van der Waals surface area contributed by atoms with Gasteiger partial charge in [0.25, 0.3) is 0 Å². The highest BCUT2D eigenvalue weighted by Crippen LogP contribution is 2.20. The highest BCUT2D eigenvalue weighted by atomic mass is 16.3. The number of fused-ring (bicyclic) bond motifs is 1. The molecule has 0 spiro atoms. The number of aromatic nitrogens is 2. The predicted molar refractivity (Wildman–Crippen MR) is 95.1 cm³/mol. The van der Waals surface area contributed by atoms with Crippen LogP contribution in [0.25, 0.3) is 5.65 Å². The van der Waals surface area contributed by atoms with E-state index in [0.29, 0.717) is 19.5 Å². The van der Waals surface area contributed by atoms with Crippen molar-refractivity contribution >= 4 is 11.7 Å². The molecule has 0 saturated heterocycles. The topological polar surface area (TPSA) is 78.7 Å². The van der Waals surface area contributed by atoms with E-state index in [1.54, 1.807) is 0 Å². The number of hydrogen-bond donors (Lipinski definition) is 3. The Labute approximate surface area is 143 Å². The van der Waals surface area contributed by atoms with Crippen LogP contribution in [0.4, 0.5) is 4.79 Å². The maximum absolute atomic E-state index is 11.8. The Morgan fingerprint density at radius 2 is 2.08 bits per heavy atom. The summed E-state index contributed by atoms with van der Waals surface area (Å²) in [7, 11) is 0. The molecule has 6 heteroatoms. The van der Waals surface area contributed by atoms with Gasteiger partial charge in [0.1, 0.15) is 5.65 Å². The van der Waals surface area contributed by atoms with E-state index in [0.717, 1.165) is 29.7 Å². The van der Waals surface area contributed by atoms with E-state index in [9.17, 15) is 9.90 Å². The molecule has 2 rings (SSSR count). The molecule has 0 radical (unpaired) electrons. The number of urea groups is 1. The maximum atomic E-state index is 11.8. The van der Waals surface area contributed by atoms with Crippen LogP contribution in [0, 0.1) is 12.3 Å². The molecule has 0 aromatic carbocycles. The van der Waals surface area contributed by atoms with Crippen LogP contribution in [0.1, 0.15) is 37.9 Å². The van der Waals surface area contributed by atoms with Crippen LogP contribution in [0.3, 0.4) is 0 Å². The van der Waals surface area contributed by atoms with Crippen molar-refractivity contribution in [2.45, 2.75) is 40.0 Å². The molecule has 0 aliphatic carbocycles. The first-order chi connectivity index (χ1) is 11.4. The fraction of sp³-hybridized carbons (Fsp3) is 0.556. The summed E-state index contributed by atoms with van der Waals surface area (Å²) in [4.78, 5) is 16.3. The Bertz CT molecular complexity index is 679. The lowest BCUT2D eigenvalue weighted by atomic mass is 9.89. The Kier molecular flexibility index (Phi) is 6.20. The highest BCUT2D eigenvalue weighted by molar-refractivity contribution is 5.73. The Hall–Kier alpha value is -2.08. The second-order valence-corrected chi connectivity index (χ2v) is 7.01. The number of pyridine rings is 1. The van der Waals surface area contributed by atoms with Gasteiger partial charge in [0.15, 0.2) is 0 Å². The summed E-state index contributed by atoms with van der Waals surface area (Å²) < 4.78 is 2.01. The van der Waals surface area contributed by atoms with Gasteiger partial charge >= 0.3 is 6.03 Å². The second-order valence-electron chi connectivity index (χ2n) is 7.01.